The van der Waals surface area contributed by atoms with Crippen LogP contribution < -0.4 is 5.32 Å². The highest BCUT2D eigenvalue weighted by atomic mass is 32.2. The molecule has 1 N–H and O–H groups in total. The van der Waals surface area contributed by atoms with Gasteiger partial charge < -0.3 is 9.88 Å². The van der Waals surface area contributed by atoms with E-state index in [1.165, 1.54) is 17.3 Å². The molecule has 2 aromatic carbocycles. The summed E-state index contributed by atoms with van der Waals surface area (Å²) in [6.07, 6.45) is 3.65. The van der Waals surface area contributed by atoms with Crippen molar-refractivity contribution < 1.29 is 4.79 Å². The molecule has 0 spiro atoms. The van der Waals surface area contributed by atoms with Crippen LogP contribution in [0.2, 0.25) is 0 Å². The first kappa shape index (κ1) is 20.9. The van der Waals surface area contributed by atoms with E-state index in [9.17, 15) is 4.79 Å². The van der Waals surface area contributed by atoms with Gasteiger partial charge >= 0.3 is 0 Å². The Kier molecular flexibility index (Phi) is 6.52. The largest absolute Gasteiger partial charge is 0.354 e. The van der Waals surface area contributed by atoms with Gasteiger partial charge in [-0.1, -0.05) is 49.0 Å². The Morgan fingerprint density at radius 3 is 2.45 bits per heavy atom. The number of hydrogen-bond acceptors (Lipinski definition) is 4. The van der Waals surface area contributed by atoms with Crippen LogP contribution in [0.4, 0.5) is 5.69 Å². The van der Waals surface area contributed by atoms with Crippen molar-refractivity contribution in [3.8, 4) is 5.69 Å². The molecule has 0 saturated carbocycles. The van der Waals surface area contributed by atoms with E-state index in [0.717, 1.165) is 29.3 Å². The third-order valence-electron chi connectivity index (χ3n) is 5.08. The number of nitrogens with zero attached hydrogens (tertiary/aromatic N) is 4. The summed E-state index contributed by atoms with van der Waals surface area (Å²) in [5.74, 6) is 1.02. The zero-order valence-electron chi connectivity index (χ0n) is 17.7. The van der Waals surface area contributed by atoms with Crippen molar-refractivity contribution in [3.05, 3.63) is 90.0 Å². The minimum atomic E-state index is -0.0687. The summed E-state index contributed by atoms with van der Waals surface area (Å²) in [5, 5.41) is 12.5. The molecule has 31 heavy (non-hydrogen) atoms. The summed E-state index contributed by atoms with van der Waals surface area (Å²) in [6.45, 7) is 2.11. The second-order valence-corrected chi connectivity index (χ2v) is 8.19. The Morgan fingerprint density at radius 1 is 1.00 bits per heavy atom. The van der Waals surface area contributed by atoms with Crippen LogP contribution in [0.25, 0.3) is 5.69 Å². The fourth-order valence-electron chi connectivity index (χ4n) is 3.34. The van der Waals surface area contributed by atoms with Crippen LogP contribution in [0, 0.1) is 0 Å². The highest BCUT2D eigenvalue weighted by molar-refractivity contribution is 7.99. The van der Waals surface area contributed by atoms with Crippen LogP contribution in [-0.2, 0) is 24.7 Å². The number of nitrogens with one attached hydrogen (secondary N) is 1. The van der Waals surface area contributed by atoms with Gasteiger partial charge in [0.05, 0.1) is 5.75 Å². The van der Waals surface area contributed by atoms with E-state index in [1.807, 2.05) is 78.5 Å². The highest BCUT2D eigenvalue weighted by Crippen LogP contribution is 2.24. The molecule has 0 unspecified atom stereocenters. The summed E-state index contributed by atoms with van der Waals surface area (Å²) in [5.41, 5.74) is 4.18. The van der Waals surface area contributed by atoms with Gasteiger partial charge in [0.15, 0.2) is 5.16 Å². The van der Waals surface area contributed by atoms with Crippen LogP contribution >= 0.6 is 11.8 Å². The number of thioether (sulfide) groups is 1. The number of para-hydroxylation sites is 1. The van der Waals surface area contributed by atoms with E-state index in [1.54, 1.807) is 0 Å². The number of hydrogen-bond donors (Lipinski definition) is 1. The van der Waals surface area contributed by atoms with E-state index in [2.05, 4.69) is 33.1 Å². The Hall–Kier alpha value is -3.32. The monoisotopic (exact) mass is 431 g/mol. The average Bonchev–Trinajstić information content (AvgIpc) is 3.39. The van der Waals surface area contributed by atoms with E-state index < -0.39 is 0 Å². The molecule has 0 aliphatic carbocycles. The second-order valence-electron chi connectivity index (χ2n) is 7.24. The third kappa shape index (κ3) is 5.06. The molecule has 4 aromatic rings. The minimum Gasteiger partial charge on any atom is -0.354 e. The van der Waals surface area contributed by atoms with Crippen molar-refractivity contribution in [2.24, 2.45) is 7.05 Å². The zero-order chi connectivity index (χ0) is 21.6. The molecular weight excluding hydrogens is 406 g/mol. The van der Waals surface area contributed by atoms with Crippen molar-refractivity contribution >= 4 is 23.4 Å². The lowest BCUT2D eigenvalue weighted by Crippen LogP contribution is -2.14. The molecule has 4 rings (SSSR count). The van der Waals surface area contributed by atoms with Gasteiger partial charge in [-0.15, -0.1) is 10.2 Å². The van der Waals surface area contributed by atoms with Gasteiger partial charge in [-0.2, -0.15) is 0 Å². The van der Waals surface area contributed by atoms with Crippen molar-refractivity contribution in [3.63, 3.8) is 0 Å². The Morgan fingerprint density at radius 2 is 1.77 bits per heavy atom. The van der Waals surface area contributed by atoms with Gasteiger partial charge in [-0.3, -0.25) is 9.36 Å². The summed E-state index contributed by atoms with van der Waals surface area (Å²) in [6, 6.07) is 22.0. The fourth-order valence-corrected chi connectivity index (χ4v) is 4.11. The van der Waals surface area contributed by atoms with Crippen LogP contribution in [0.5, 0.6) is 0 Å². The molecule has 0 aliphatic heterocycles. The first-order chi connectivity index (χ1) is 15.1. The molecule has 6 nitrogen and oxygen atoms in total. The first-order valence-electron chi connectivity index (χ1n) is 10.3. The maximum absolute atomic E-state index is 12.5. The predicted molar refractivity (Wildman–Crippen MR) is 125 cm³/mol. The van der Waals surface area contributed by atoms with Crippen LogP contribution in [0.15, 0.2) is 78.1 Å². The summed E-state index contributed by atoms with van der Waals surface area (Å²) < 4.78 is 4.11. The van der Waals surface area contributed by atoms with E-state index >= 15 is 0 Å². The number of aryl methyl sites for hydroxylation is 2. The van der Waals surface area contributed by atoms with Gasteiger partial charge in [-0.25, -0.2) is 0 Å². The van der Waals surface area contributed by atoms with E-state index in [0.29, 0.717) is 11.6 Å². The van der Waals surface area contributed by atoms with E-state index in [-0.39, 0.29) is 11.7 Å². The smallest absolute Gasteiger partial charge is 0.234 e. The van der Waals surface area contributed by atoms with Gasteiger partial charge in [0, 0.05) is 36.7 Å². The first-order valence-corrected chi connectivity index (χ1v) is 11.2. The molecule has 0 saturated heterocycles. The molecule has 2 aromatic heterocycles. The highest BCUT2D eigenvalue weighted by Gasteiger charge is 2.17. The number of aromatic nitrogens is 4. The van der Waals surface area contributed by atoms with Gasteiger partial charge in [-0.05, 0) is 48.4 Å². The number of anilines is 1. The van der Waals surface area contributed by atoms with Crippen molar-refractivity contribution in [1.29, 1.82) is 0 Å². The molecule has 2 heterocycles. The van der Waals surface area contributed by atoms with Crippen LogP contribution in [-0.4, -0.2) is 31.0 Å². The normalized spacial score (nSPS) is 10.9. The zero-order valence-corrected chi connectivity index (χ0v) is 18.5. The lowest BCUT2D eigenvalue weighted by atomic mass is 10.1. The summed E-state index contributed by atoms with van der Waals surface area (Å²) in [7, 11) is 2.02. The van der Waals surface area contributed by atoms with Gasteiger partial charge in [0.2, 0.25) is 5.91 Å². The Labute approximate surface area is 186 Å². The molecular formula is C24H25N5OS. The topological polar surface area (TPSA) is 64.7 Å². The number of rotatable bonds is 8. The molecule has 0 aliphatic rings. The number of benzene rings is 2. The fraction of sp³-hybridized carbons (Fsp3) is 0.208. The molecule has 0 fully saturated rings. The molecule has 7 heteroatoms. The van der Waals surface area contributed by atoms with Crippen molar-refractivity contribution in [2.75, 3.05) is 11.1 Å². The van der Waals surface area contributed by atoms with Crippen molar-refractivity contribution in [1.82, 2.24) is 19.3 Å². The Bertz CT molecular complexity index is 1150. The van der Waals surface area contributed by atoms with Gasteiger partial charge in [0.25, 0.3) is 0 Å². The van der Waals surface area contributed by atoms with Crippen LogP contribution in [0.3, 0.4) is 0 Å². The average molecular weight is 432 g/mol. The third-order valence-corrected chi connectivity index (χ3v) is 6.01. The maximum atomic E-state index is 12.5. The summed E-state index contributed by atoms with van der Waals surface area (Å²) >= 11 is 1.39. The molecule has 0 bridgehead atoms. The number of carbonyl (C=O) groups is 1. The maximum Gasteiger partial charge on any atom is 0.234 e. The number of amides is 1. The summed E-state index contributed by atoms with van der Waals surface area (Å²) in [4.78, 5) is 12.5. The van der Waals surface area contributed by atoms with Gasteiger partial charge in [0.1, 0.15) is 5.82 Å². The van der Waals surface area contributed by atoms with Crippen LogP contribution in [0.1, 0.15) is 24.0 Å². The quantitative estimate of drug-likeness (QED) is 0.418. The molecule has 158 valence electrons. The lowest BCUT2D eigenvalue weighted by Gasteiger charge is -2.11. The lowest BCUT2D eigenvalue weighted by molar-refractivity contribution is -0.113. The molecule has 0 radical (unpaired) electrons. The number of carbonyl (C=O) groups excluding carboxylic acids is 1. The standard InChI is InChI=1S/C24H25N5OS/c1-3-18-11-13-19(14-12-18)25-23(30)17-31-24-27-26-22(16-21-10-7-15-28(21)2)29(24)20-8-5-4-6-9-20/h4-15H,3,16-17H2,1-2H3,(H,25,30). The molecule has 1 amide bonds. The second kappa shape index (κ2) is 9.66. The van der Waals surface area contributed by atoms with E-state index in [4.69, 9.17) is 0 Å². The molecule has 0 atom stereocenters. The predicted octanol–water partition coefficient (Wildman–Crippen LogP) is 4.49. The SMILES string of the molecule is CCc1ccc(NC(=O)CSc2nnc(Cc3cccn3C)n2-c2ccccc2)cc1. The Balaban J connectivity index is 1.50. The van der Waals surface area contributed by atoms with Crippen molar-refractivity contribution in [2.45, 2.75) is 24.9 Å². The minimum absolute atomic E-state index is 0.0687.